The number of carbonyl (C=O) groups excluding carboxylic acids is 1. The zero-order chi connectivity index (χ0) is 16.5. The van der Waals surface area contributed by atoms with Crippen LogP contribution in [0.25, 0.3) is 0 Å². The highest BCUT2D eigenvalue weighted by molar-refractivity contribution is 6.02. The molecule has 1 aliphatic heterocycles. The highest BCUT2D eigenvalue weighted by atomic mass is 16.2. The van der Waals surface area contributed by atoms with Gasteiger partial charge in [0.05, 0.1) is 5.92 Å². The highest BCUT2D eigenvalue weighted by Gasteiger charge is 2.29. The molecule has 2 aromatic rings. The molecule has 24 heavy (non-hydrogen) atoms. The molecular formula is C19H22N4O. The maximum atomic E-state index is 12.1. The van der Waals surface area contributed by atoms with Gasteiger partial charge in [0.15, 0.2) is 0 Å². The minimum absolute atomic E-state index is 0.0818. The van der Waals surface area contributed by atoms with E-state index in [9.17, 15) is 4.79 Å². The van der Waals surface area contributed by atoms with Crippen molar-refractivity contribution < 1.29 is 4.79 Å². The van der Waals surface area contributed by atoms with Gasteiger partial charge in [-0.2, -0.15) is 0 Å². The first-order valence-corrected chi connectivity index (χ1v) is 8.70. The zero-order valence-corrected chi connectivity index (χ0v) is 13.9. The average molecular weight is 322 g/mol. The van der Waals surface area contributed by atoms with Crippen LogP contribution in [0.5, 0.6) is 0 Å². The van der Waals surface area contributed by atoms with Crippen molar-refractivity contribution in [1.82, 2.24) is 9.97 Å². The van der Waals surface area contributed by atoms with Crippen LogP contribution in [0.4, 0.5) is 11.6 Å². The van der Waals surface area contributed by atoms with Crippen molar-refractivity contribution in [3.63, 3.8) is 0 Å². The van der Waals surface area contributed by atoms with Crippen LogP contribution in [-0.4, -0.2) is 22.4 Å². The van der Waals surface area contributed by atoms with Crippen LogP contribution in [0.15, 0.2) is 30.3 Å². The van der Waals surface area contributed by atoms with Gasteiger partial charge in [-0.05, 0) is 43.9 Å². The maximum Gasteiger partial charge on any atom is 0.232 e. The fourth-order valence-corrected chi connectivity index (χ4v) is 3.48. The molecule has 5 heteroatoms. The second-order valence-corrected chi connectivity index (χ2v) is 6.73. The van der Waals surface area contributed by atoms with Crippen LogP contribution in [0.3, 0.4) is 0 Å². The monoisotopic (exact) mass is 322 g/mol. The minimum atomic E-state index is -0.0930. The summed E-state index contributed by atoms with van der Waals surface area (Å²) in [4.78, 5) is 21.3. The van der Waals surface area contributed by atoms with Gasteiger partial charge in [0.1, 0.15) is 0 Å². The number of fused-ring (bicyclic) bond motifs is 1. The van der Waals surface area contributed by atoms with E-state index >= 15 is 0 Å². The molecule has 1 aromatic heterocycles. The molecule has 2 aliphatic rings. The summed E-state index contributed by atoms with van der Waals surface area (Å²) in [7, 11) is 0. The number of carbonyl (C=O) groups is 1. The van der Waals surface area contributed by atoms with Crippen molar-refractivity contribution >= 4 is 17.5 Å². The number of aryl methyl sites for hydroxylation is 1. The molecule has 0 spiro atoms. The van der Waals surface area contributed by atoms with Gasteiger partial charge in [-0.25, -0.2) is 9.97 Å². The van der Waals surface area contributed by atoms with Crippen LogP contribution in [0, 0.1) is 6.92 Å². The first-order valence-electron chi connectivity index (χ1n) is 8.70. The molecule has 1 aliphatic carbocycles. The second-order valence-electron chi connectivity index (χ2n) is 6.73. The first-order chi connectivity index (χ1) is 11.7. The van der Waals surface area contributed by atoms with E-state index in [1.54, 1.807) is 0 Å². The van der Waals surface area contributed by atoms with Crippen molar-refractivity contribution in [3.8, 4) is 0 Å². The van der Waals surface area contributed by atoms with Gasteiger partial charge in [-0.15, -0.1) is 0 Å². The fourth-order valence-electron chi connectivity index (χ4n) is 3.48. The first kappa shape index (κ1) is 15.1. The largest absolute Gasteiger partial charge is 0.354 e. The predicted octanol–water partition coefficient (Wildman–Crippen LogP) is 3.59. The molecule has 1 fully saturated rings. The van der Waals surface area contributed by atoms with E-state index in [4.69, 9.17) is 0 Å². The number of anilines is 2. The molecular weight excluding hydrogens is 300 g/mol. The Bertz CT molecular complexity index is 770. The van der Waals surface area contributed by atoms with Gasteiger partial charge in [0.25, 0.3) is 0 Å². The Labute approximate surface area is 141 Å². The summed E-state index contributed by atoms with van der Waals surface area (Å²) >= 11 is 0. The Morgan fingerprint density at radius 1 is 1.25 bits per heavy atom. The van der Waals surface area contributed by atoms with E-state index < -0.39 is 0 Å². The summed E-state index contributed by atoms with van der Waals surface area (Å²) in [6, 6.07) is 10.00. The molecule has 124 valence electrons. The Kier molecular flexibility index (Phi) is 3.92. The standard InChI is InChI=1S/C19H22N4O/c1-12-11-17(13-5-4-6-13)23-19(21-12)20-10-9-15-14-7-2-3-8-16(14)22-18(15)24/h2-3,7-8,11,13,15H,4-6,9-10H2,1H3,(H,22,24)(H,20,21,23)/t15-/m0/s1. The molecule has 0 saturated heterocycles. The summed E-state index contributed by atoms with van der Waals surface area (Å²) in [5.74, 6) is 1.27. The minimum Gasteiger partial charge on any atom is -0.354 e. The number of nitrogens with one attached hydrogen (secondary N) is 2. The third-order valence-corrected chi connectivity index (χ3v) is 5.02. The fraction of sp³-hybridized carbons (Fsp3) is 0.421. The van der Waals surface area contributed by atoms with Gasteiger partial charge >= 0.3 is 0 Å². The lowest BCUT2D eigenvalue weighted by Crippen LogP contribution is -2.17. The number of rotatable bonds is 5. The summed E-state index contributed by atoms with van der Waals surface area (Å²) in [5.41, 5.74) is 4.18. The summed E-state index contributed by atoms with van der Waals surface area (Å²) in [6.45, 7) is 2.69. The number of hydrogen-bond acceptors (Lipinski definition) is 4. The Balaban J connectivity index is 1.41. The van der Waals surface area contributed by atoms with E-state index in [1.807, 2.05) is 31.2 Å². The van der Waals surface area contributed by atoms with E-state index in [0.717, 1.165) is 29.1 Å². The zero-order valence-electron chi connectivity index (χ0n) is 13.9. The van der Waals surface area contributed by atoms with Crippen molar-refractivity contribution in [2.75, 3.05) is 17.2 Å². The number of para-hydroxylation sites is 1. The van der Waals surface area contributed by atoms with Crippen molar-refractivity contribution in [2.45, 2.75) is 44.4 Å². The lowest BCUT2D eigenvalue weighted by atomic mass is 9.83. The number of amides is 1. The molecule has 1 aromatic carbocycles. The molecule has 0 bridgehead atoms. The quantitative estimate of drug-likeness (QED) is 0.883. The molecule has 1 atom stereocenters. The third-order valence-electron chi connectivity index (χ3n) is 5.02. The number of nitrogens with zero attached hydrogens (tertiary/aromatic N) is 2. The second kappa shape index (κ2) is 6.23. The van der Waals surface area contributed by atoms with Crippen LogP contribution < -0.4 is 10.6 Å². The van der Waals surface area contributed by atoms with Gasteiger partial charge in [0.2, 0.25) is 11.9 Å². The topological polar surface area (TPSA) is 66.9 Å². The van der Waals surface area contributed by atoms with Crippen molar-refractivity contribution in [1.29, 1.82) is 0 Å². The number of hydrogen-bond donors (Lipinski definition) is 2. The lowest BCUT2D eigenvalue weighted by Gasteiger charge is -2.25. The average Bonchev–Trinajstić information content (AvgIpc) is 2.81. The summed E-state index contributed by atoms with van der Waals surface area (Å²) in [6.07, 6.45) is 4.50. The molecule has 5 nitrogen and oxygen atoms in total. The molecule has 1 amide bonds. The molecule has 0 radical (unpaired) electrons. The molecule has 2 N–H and O–H groups in total. The smallest absolute Gasteiger partial charge is 0.232 e. The van der Waals surface area contributed by atoms with Gasteiger partial charge < -0.3 is 10.6 Å². The molecule has 2 heterocycles. The Morgan fingerprint density at radius 2 is 2.08 bits per heavy atom. The van der Waals surface area contributed by atoms with Crippen LogP contribution in [0.2, 0.25) is 0 Å². The van der Waals surface area contributed by atoms with E-state index in [-0.39, 0.29) is 11.8 Å². The summed E-state index contributed by atoms with van der Waals surface area (Å²) < 4.78 is 0. The van der Waals surface area contributed by atoms with Crippen molar-refractivity contribution in [2.24, 2.45) is 0 Å². The third kappa shape index (κ3) is 2.86. The van der Waals surface area contributed by atoms with E-state index in [0.29, 0.717) is 18.4 Å². The van der Waals surface area contributed by atoms with Crippen LogP contribution in [-0.2, 0) is 4.79 Å². The lowest BCUT2D eigenvalue weighted by molar-refractivity contribution is -0.117. The molecule has 1 saturated carbocycles. The normalized spacial score (nSPS) is 19.5. The maximum absolute atomic E-state index is 12.1. The van der Waals surface area contributed by atoms with E-state index in [2.05, 4.69) is 26.7 Å². The van der Waals surface area contributed by atoms with Gasteiger partial charge in [-0.1, -0.05) is 24.6 Å². The van der Waals surface area contributed by atoms with E-state index in [1.165, 1.54) is 19.3 Å². The van der Waals surface area contributed by atoms with Gasteiger partial charge in [-0.3, -0.25) is 4.79 Å². The van der Waals surface area contributed by atoms with Crippen LogP contribution >= 0.6 is 0 Å². The molecule has 4 rings (SSSR count). The Morgan fingerprint density at radius 3 is 2.88 bits per heavy atom. The van der Waals surface area contributed by atoms with Gasteiger partial charge in [0, 0.05) is 29.5 Å². The van der Waals surface area contributed by atoms with Crippen LogP contribution in [0.1, 0.15) is 54.5 Å². The summed E-state index contributed by atoms with van der Waals surface area (Å²) in [5, 5.41) is 6.25. The number of aromatic nitrogens is 2. The van der Waals surface area contributed by atoms with Crippen molar-refractivity contribution in [3.05, 3.63) is 47.3 Å². The predicted molar refractivity (Wildman–Crippen MR) is 94.3 cm³/mol. The Hall–Kier alpha value is -2.43. The number of benzene rings is 1. The highest BCUT2D eigenvalue weighted by Crippen LogP contribution is 2.36. The molecule has 0 unspecified atom stereocenters. The SMILES string of the molecule is Cc1cc(C2CCC2)nc(NCC[C@@H]2C(=O)Nc3ccccc32)n1.